The van der Waals surface area contributed by atoms with E-state index in [2.05, 4.69) is 10.1 Å². The second kappa shape index (κ2) is 4.76. The molecule has 3 heterocycles. The van der Waals surface area contributed by atoms with Crippen molar-refractivity contribution >= 4 is 0 Å². The van der Waals surface area contributed by atoms with Gasteiger partial charge in [0.2, 0.25) is 0 Å². The van der Waals surface area contributed by atoms with Gasteiger partial charge in [-0.3, -0.25) is 10.1 Å². The zero-order valence-corrected chi connectivity index (χ0v) is 10.9. The van der Waals surface area contributed by atoms with Crippen LogP contribution in [0.4, 0.5) is 13.2 Å². The van der Waals surface area contributed by atoms with E-state index in [1.54, 1.807) is 12.1 Å². The Labute approximate surface area is 117 Å². The molecule has 3 rings (SSSR count). The first-order valence-electron chi connectivity index (χ1n) is 6.09. The quantitative estimate of drug-likeness (QED) is 0.775. The Bertz CT molecular complexity index is 756. The van der Waals surface area contributed by atoms with Crippen LogP contribution in [0.3, 0.4) is 0 Å². The van der Waals surface area contributed by atoms with Crippen LogP contribution in [0.25, 0.3) is 22.7 Å². The van der Waals surface area contributed by atoms with Crippen LogP contribution in [0.15, 0.2) is 40.9 Å². The number of pyridine rings is 1. The number of aromatic amines is 1. The summed E-state index contributed by atoms with van der Waals surface area (Å²) in [6.07, 6.45) is -2.91. The summed E-state index contributed by atoms with van der Waals surface area (Å²) in [7, 11) is 0. The summed E-state index contributed by atoms with van der Waals surface area (Å²) < 4.78 is 43.0. The first-order chi connectivity index (χ1) is 9.93. The van der Waals surface area contributed by atoms with E-state index in [0.717, 1.165) is 17.4 Å². The van der Waals surface area contributed by atoms with Crippen LogP contribution in [0.1, 0.15) is 11.5 Å². The standard InChI is InChI=1S/C14H10F3N3O/c1-8-2-5-12(21-8)9-3-4-10(18-7-9)11-6-13(20-19-11)14(15,16)17/h2-7H,1H3,(H,19,20). The van der Waals surface area contributed by atoms with E-state index in [-0.39, 0.29) is 5.69 Å². The van der Waals surface area contributed by atoms with Crippen molar-refractivity contribution in [2.75, 3.05) is 0 Å². The second-order valence-corrected chi connectivity index (χ2v) is 4.51. The lowest BCUT2D eigenvalue weighted by Crippen LogP contribution is -2.04. The Kier molecular flexibility index (Phi) is 3.04. The van der Waals surface area contributed by atoms with Crippen molar-refractivity contribution in [2.45, 2.75) is 13.1 Å². The largest absolute Gasteiger partial charge is 0.461 e. The zero-order chi connectivity index (χ0) is 15.0. The van der Waals surface area contributed by atoms with Gasteiger partial charge in [0.25, 0.3) is 0 Å². The number of hydrogen-bond donors (Lipinski definition) is 1. The summed E-state index contributed by atoms with van der Waals surface area (Å²) >= 11 is 0. The predicted octanol–water partition coefficient (Wildman–Crippen LogP) is 4.06. The van der Waals surface area contributed by atoms with E-state index in [4.69, 9.17) is 4.42 Å². The van der Waals surface area contributed by atoms with Gasteiger partial charge in [-0.2, -0.15) is 18.3 Å². The van der Waals surface area contributed by atoms with E-state index in [9.17, 15) is 13.2 Å². The molecule has 0 bridgehead atoms. The topological polar surface area (TPSA) is 54.7 Å². The van der Waals surface area contributed by atoms with Crippen LogP contribution < -0.4 is 0 Å². The molecule has 7 heteroatoms. The van der Waals surface area contributed by atoms with Crippen molar-refractivity contribution in [3.05, 3.63) is 48.0 Å². The van der Waals surface area contributed by atoms with Gasteiger partial charge >= 0.3 is 6.18 Å². The highest BCUT2D eigenvalue weighted by Crippen LogP contribution is 2.30. The molecule has 3 aromatic heterocycles. The predicted molar refractivity (Wildman–Crippen MR) is 69.3 cm³/mol. The Balaban J connectivity index is 1.89. The highest BCUT2D eigenvalue weighted by Gasteiger charge is 2.33. The lowest BCUT2D eigenvalue weighted by molar-refractivity contribution is -0.141. The molecule has 0 aromatic carbocycles. The minimum Gasteiger partial charge on any atom is -0.461 e. The number of alkyl halides is 3. The molecule has 0 saturated carbocycles. The van der Waals surface area contributed by atoms with Crippen LogP contribution in [-0.2, 0) is 6.18 Å². The van der Waals surface area contributed by atoms with Gasteiger partial charge in [-0.1, -0.05) is 0 Å². The molecule has 0 amide bonds. The van der Waals surface area contributed by atoms with E-state index in [1.165, 1.54) is 6.20 Å². The van der Waals surface area contributed by atoms with Gasteiger partial charge in [0.1, 0.15) is 22.9 Å². The van der Waals surface area contributed by atoms with Crippen LogP contribution in [0.2, 0.25) is 0 Å². The lowest BCUT2D eigenvalue weighted by atomic mass is 10.2. The minimum atomic E-state index is -4.45. The Morgan fingerprint density at radius 3 is 2.43 bits per heavy atom. The number of nitrogens with zero attached hydrogens (tertiary/aromatic N) is 2. The summed E-state index contributed by atoms with van der Waals surface area (Å²) in [6.45, 7) is 1.83. The molecule has 0 aliphatic carbocycles. The normalized spacial score (nSPS) is 11.8. The number of halogens is 3. The van der Waals surface area contributed by atoms with E-state index < -0.39 is 11.9 Å². The minimum absolute atomic E-state index is 0.143. The van der Waals surface area contributed by atoms with E-state index >= 15 is 0 Å². The average molecular weight is 293 g/mol. The van der Waals surface area contributed by atoms with Gasteiger partial charge in [-0.25, -0.2) is 0 Å². The van der Waals surface area contributed by atoms with Gasteiger partial charge in [0.05, 0.1) is 5.69 Å². The van der Waals surface area contributed by atoms with Crippen molar-refractivity contribution in [3.8, 4) is 22.7 Å². The fourth-order valence-corrected chi connectivity index (χ4v) is 1.88. The summed E-state index contributed by atoms with van der Waals surface area (Å²) in [5.74, 6) is 1.43. The second-order valence-electron chi connectivity index (χ2n) is 4.51. The maximum absolute atomic E-state index is 12.5. The third-order valence-electron chi connectivity index (χ3n) is 2.93. The van der Waals surface area contributed by atoms with Gasteiger partial charge in [-0.05, 0) is 37.3 Å². The number of furan rings is 1. The van der Waals surface area contributed by atoms with Gasteiger partial charge in [0, 0.05) is 11.8 Å². The lowest BCUT2D eigenvalue weighted by Gasteiger charge is -2.00. The van der Waals surface area contributed by atoms with Gasteiger partial charge < -0.3 is 4.42 Å². The third-order valence-corrected chi connectivity index (χ3v) is 2.93. The average Bonchev–Trinajstić information content (AvgIpc) is 3.07. The number of nitrogens with one attached hydrogen (secondary N) is 1. The maximum atomic E-state index is 12.5. The number of aromatic nitrogens is 3. The smallest absolute Gasteiger partial charge is 0.432 e. The highest BCUT2D eigenvalue weighted by molar-refractivity contribution is 5.61. The van der Waals surface area contributed by atoms with E-state index in [1.807, 2.05) is 24.2 Å². The fraction of sp³-hybridized carbons (Fsp3) is 0.143. The number of aryl methyl sites for hydroxylation is 1. The summed E-state index contributed by atoms with van der Waals surface area (Å²) in [5, 5.41) is 5.59. The van der Waals surface area contributed by atoms with Gasteiger partial charge in [0.15, 0.2) is 0 Å². The van der Waals surface area contributed by atoms with Crippen molar-refractivity contribution in [2.24, 2.45) is 0 Å². The Morgan fingerprint density at radius 2 is 1.90 bits per heavy atom. The molecule has 108 valence electrons. The fourth-order valence-electron chi connectivity index (χ4n) is 1.88. The zero-order valence-electron chi connectivity index (χ0n) is 10.9. The molecule has 0 atom stereocenters. The van der Waals surface area contributed by atoms with Gasteiger partial charge in [-0.15, -0.1) is 0 Å². The van der Waals surface area contributed by atoms with Crippen molar-refractivity contribution in [1.82, 2.24) is 15.2 Å². The molecule has 0 saturated heterocycles. The van der Waals surface area contributed by atoms with Crippen LogP contribution in [0, 0.1) is 6.92 Å². The highest BCUT2D eigenvalue weighted by atomic mass is 19.4. The first kappa shape index (κ1) is 13.4. The maximum Gasteiger partial charge on any atom is 0.432 e. The molecular weight excluding hydrogens is 283 g/mol. The number of H-pyrrole nitrogens is 1. The summed E-state index contributed by atoms with van der Waals surface area (Å²) in [4.78, 5) is 4.12. The summed E-state index contributed by atoms with van der Waals surface area (Å²) in [6, 6.07) is 7.89. The van der Waals surface area contributed by atoms with Crippen LogP contribution in [0.5, 0.6) is 0 Å². The molecule has 1 N–H and O–H groups in total. The molecule has 0 spiro atoms. The first-order valence-corrected chi connectivity index (χ1v) is 6.09. The van der Waals surface area contributed by atoms with Crippen molar-refractivity contribution in [1.29, 1.82) is 0 Å². The van der Waals surface area contributed by atoms with Crippen LogP contribution in [-0.4, -0.2) is 15.2 Å². The monoisotopic (exact) mass is 293 g/mol. The Hall–Kier alpha value is -2.57. The molecule has 3 aromatic rings. The third kappa shape index (κ3) is 2.67. The molecule has 0 aliphatic heterocycles. The number of hydrogen-bond acceptors (Lipinski definition) is 3. The molecule has 0 fully saturated rings. The van der Waals surface area contributed by atoms with E-state index in [0.29, 0.717) is 11.5 Å². The van der Waals surface area contributed by atoms with Crippen molar-refractivity contribution in [3.63, 3.8) is 0 Å². The molecule has 0 radical (unpaired) electrons. The molecule has 21 heavy (non-hydrogen) atoms. The summed E-state index contributed by atoms with van der Waals surface area (Å²) in [5.41, 5.74) is 0.349. The number of rotatable bonds is 2. The Morgan fingerprint density at radius 1 is 1.10 bits per heavy atom. The molecule has 0 unspecified atom stereocenters. The van der Waals surface area contributed by atoms with Crippen LogP contribution >= 0.6 is 0 Å². The van der Waals surface area contributed by atoms with Crippen molar-refractivity contribution < 1.29 is 17.6 Å². The molecule has 0 aliphatic rings. The molecule has 4 nitrogen and oxygen atoms in total. The SMILES string of the molecule is Cc1ccc(-c2ccc(-c3cc(C(F)(F)F)[nH]n3)nc2)o1. The molecular formula is C14H10F3N3O.